The predicted octanol–water partition coefficient (Wildman–Crippen LogP) is 4.45. The lowest BCUT2D eigenvalue weighted by Gasteiger charge is -2.29. The molecule has 0 aliphatic carbocycles. The van der Waals surface area contributed by atoms with Gasteiger partial charge in [0.25, 0.3) is 5.91 Å². The number of carbonyl (C=O) groups is 1. The highest BCUT2D eigenvalue weighted by atomic mass is 32.1. The standard InChI is InChI=1S/C23H20N4O2S/c28-22(25-17-5-3-9-24-15-17)19-7-2-8-20-21(19)26-23(30-20)16-4-1-6-18(14-16)27-10-12-29-13-11-27/h1-9,14-15H,10-13H2,(H,25,28). The van der Waals surface area contributed by atoms with Crippen LogP contribution in [0.5, 0.6) is 0 Å². The topological polar surface area (TPSA) is 67.4 Å². The molecular formula is C23H20N4O2S. The van der Waals surface area contributed by atoms with Crippen LogP contribution in [0, 0.1) is 0 Å². The Hall–Kier alpha value is -3.29. The van der Waals surface area contributed by atoms with Gasteiger partial charge in [0.2, 0.25) is 0 Å². The monoisotopic (exact) mass is 416 g/mol. The zero-order chi connectivity index (χ0) is 20.3. The molecule has 3 heterocycles. The Morgan fingerprint density at radius 1 is 1.07 bits per heavy atom. The van der Waals surface area contributed by atoms with E-state index in [4.69, 9.17) is 9.72 Å². The van der Waals surface area contributed by atoms with Crippen molar-refractivity contribution in [2.45, 2.75) is 0 Å². The number of carbonyl (C=O) groups excluding carboxylic acids is 1. The summed E-state index contributed by atoms with van der Waals surface area (Å²) in [5.41, 5.74) is 4.16. The molecule has 5 rings (SSSR count). The first-order chi connectivity index (χ1) is 14.8. The molecule has 30 heavy (non-hydrogen) atoms. The van der Waals surface area contributed by atoms with Crippen molar-refractivity contribution < 1.29 is 9.53 Å². The van der Waals surface area contributed by atoms with E-state index in [1.54, 1.807) is 29.8 Å². The summed E-state index contributed by atoms with van der Waals surface area (Å²) >= 11 is 1.60. The normalized spacial score (nSPS) is 14.1. The van der Waals surface area contributed by atoms with Gasteiger partial charge >= 0.3 is 0 Å². The third-order valence-electron chi connectivity index (χ3n) is 5.05. The van der Waals surface area contributed by atoms with E-state index in [0.717, 1.165) is 47.1 Å². The van der Waals surface area contributed by atoms with Crippen molar-refractivity contribution in [2.24, 2.45) is 0 Å². The number of thiazole rings is 1. The Bertz CT molecular complexity index is 1190. The number of fused-ring (bicyclic) bond motifs is 1. The van der Waals surface area contributed by atoms with E-state index in [-0.39, 0.29) is 5.91 Å². The highest BCUT2D eigenvalue weighted by Crippen LogP contribution is 2.33. The van der Waals surface area contributed by atoms with Gasteiger partial charge in [-0.25, -0.2) is 4.98 Å². The minimum atomic E-state index is -0.187. The zero-order valence-electron chi connectivity index (χ0n) is 16.2. The van der Waals surface area contributed by atoms with Crippen molar-refractivity contribution in [2.75, 3.05) is 36.5 Å². The van der Waals surface area contributed by atoms with E-state index >= 15 is 0 Å². The molecule has 0 atom stereocenters. The van der Waals surface area contributed by atoms with Crippen LogP contribution < -0.4 is 10.2 Å². The Morgan fingerprint density at radius 2 is 1.93 bits per heavy atom. The number of para-hydroxylation sites is 1. The van der Waals surface area contributed by atoms with Crippen LogP contribution in [0.3, 0.4) is 0 Å². The molecule has 0 saturated carbocycles. The molecule has 0 radical (unpaired) electrons. The van der Waals surface area contributed by atoms with Crippen LogP contribution in [0.25, 0.3) is 20.8 Å². The first-order valence-electron chi connectivity index (χ1n) is 9.82. The fourth-order valence-electron chi connectivity index (χ4n) is 3.55. The van der Waals surface area contributed by atoms with Crippen LogP contribution in [0.2, 0.25) is 0 Å². The molecule has 150 valence electrons. The van der Waals surface area contributed by atoms with Crippen molar-refractivity contribution >= 4 is 38.8 Å². The summed E-state index contributed by atoms with van der Waals surface area (Å²) in [6.45, 7) is 3.28. The van der Waals surface area contributed by atoms with Gasteiger partial charge in [0.1, 0.15) is 5.01 Å². The van der Waals surface area contributed by atoms with E-state index in [2.05, 4.69) is 39.5 Å². The number of aromatic nitrogens is 2. The Balaban J connectivity index is 1.47. The minimum absolute atomic E-state index is 0.187. The van der Waals surface area contributed by atoms with Crippen LogP contribution in [-0.2, 0) is 4.74 Å². The van der Waals surface area contributed by atoms with E-state index in [1.807, 2.05) is 24.3 Å². The number of ether oxygens (including phenoxy) is 1. The highest BCUT2D eigenvalue weighted by molar-refractivity contribution is 7.21. The Morgan fingerprint density at radius 3 is 2.77 bits per heavy atom. The number of pyridine rings is 1. The minimum Gasteiger partial charge on any atom is -0.378 e. The second-order valence-corrected chi connectivity index (χ2v) is 8.05. The maximum atomic E-state index is 12.8. The van der Waals surface area contributed by atoms with Gasteiger partial charge in [-0.05, 0) is 36.4 Å². The number of nitrogens with zero attached hydrogens (tertiary/aromatic N) is 3. The summed E-state index contributed by atoms with van der Waals surface area (Å²) in [4.78, 5) is 24.0. The summed E-state index contributed by atoms with van der Waals surface area (Å²) in [5, 5.41) is 3.80. The molecule has 1 fully saturated rings. The molecule has 4 aromatic rings. The number of benzene rings is 2. The van der Waals surface area contributed by atoms with Crippen molar-refractivity contribution in [3.8, 4) is 10.6 Å². The van der Waals surface area contributed by atoms with Gasteiger partial charge in [0.15, 0.2) is 0 Å². The molecule has 1 aliphatic heterocycles. The van der Waals surface area contributed by atoms with Crippen LogP contribution in [0.15, 0.2) is 67.0 Å². The number of hydrogen-bond acceptors (Lipinski definition) is 6. The first kappa shape index (κ1) is 18.7. The number of hydrogen-bond donors (Lipinski definition) is 1. The van der Waals surface area contributed by atoms with E-state index in [9.17, 15) is 4.79 Å². The van der Waals surface area contributed by atoms with Gasteiger partial charge in [-0.2, -0.15) is 0 Å². The molecule has 0 bridgehead atoms. The first-order valence-corrected chi connectivity index (χ1v) is 10.6. The number of anilines is 2. The average molecular weight is 417 g/mol. The fraction of sp³-hybridized carbons (Fsp3) is 0.174. The van der Waals surface area contributed by atoms with Gasteiger partial charge in [-0.15, -0.1) is 11.3 Å². The van der Waals surface area contributed by atoms with Gasteiger partial charge in [-0.1, -0.05) is 18.2 Å². The van der Waals surface area contributed by atoms with Crippen LogP contribution in [-0.4, -0.2) is 42.2 Å². The summed E-state index contributed by atoms with van der Waals surface area (Å²) in [5.74, 6) is -0.187. The molecular weight excluding hydrogens is 396 g/mol. The third kappa shape index (κ3) is 3.77. The van der Waals surface area contributed by atoms with E-state index in [0.29, 0.717) is 11.3 Å². The average Bonchev–Trinajstić information content (AvgIpc) is 3.25. The van der Waals surface area contributed by atoms with E-state index < -0.39 is 0 Å². The van der Waals surface area contributed by atoms with Gasteiger partial charge < -0.3 is 15.0 Å². The molecule has 1 saturated heterocycles. The summed E-state index contributed by atoms with van der Waals surface area (Å²) in [7, 11) is 0. The molecule has 0 spiro atoms. The number of amides is 1. The van der Waals surface area contributed by atoms with Gasteiger partial charge in [0, 0.05) is 30.5 Å². The molecule has 6 nitrogen and oxygen atoms in total. The second-order valence-electron chi connectivity index (χ2n) is 7.02. The van der Waals surface area contributed by atoms with Crippen molar-refractivity contribution in [1.82, 2.24) is 9.97 Å². The fourth-order valence-corrected chi connectivity index (χ4v) is 4.54. The zero-order valence-corrected chi connectivity index (χ0v) is 17.1. The SMILES string of the molecule is O=C(Nc1cccnc1)c1cccc2sc(-c3cccc(N4CCOCC4)c3)nc12. The maximum Gasteiger partial charge on any atom is 0.257 e. The smallest absolute Gasteiger partial charge is 0.257 e. The summed E-state index contributed by atoms with van der Waals surface area (Å²) < 4.78 is 6.45. The van der Waals surface area contributed by atoms with Crippen molar-refractivity contribution in [1.29, 1.82) is 0 Å². The quantitative estimate of drug-likeness (QED) is 0.532. The molecule has 7 heteroatoms. The predicted molar refractivity (Wildman–Crippen MR) is 120 cm³/mol. The van der Waals surface area contributed by atoms with Gasteiger partial charge in [0.05, 0.1) is 40.9 Å². The molecule has 0 unspecified atom stereocenters. The van der Waals surface area contributed by atoms with E-state index in [1.165, 1.54) is 5.69 Å². The second kappa shape index (κ2) is 8.22. The number of rotatable bonds is 4. The molecule has 1 N–H and O–H groups in total. The lowest BCUT2D eigenvalue weighted by molar-refractivity contribution is 0.102. The third-order valence-corrected chi connectivity index (χ3v) is 6.12. The summed E-state index contributed by atoms with van der Waals surface area (Å²) in [6.07, 6.45) is 3.30. The number of nitrogens with one attached hydrogen (secondary N) is 1. The Labute approximate surface area is 178 Å². The van der Waals surface area contributed by atoms with Crippen LogP contribution in [0.1, 0.15) is 10.4 Å². The lowest BCUT2D eigenvalue weighted by Crippen LogP contribution is -2.36. The van der Waals surface area contributed by atoms with Crippen molar-refractivity contribution in [3.05, 3.63) is 72.6 Å². The maximum absolute atomic E-state index is 12.8. The molecule has 1 aliphatic rings. The lowest BCUT2D eigenvalue weighted by atomic mass is 10.1. The highest BCUT2D eigenvalue weighted by Gasteiger charge is 2.17. The van der Waals surface area contributed by atoms with Crippen molar-refractivity contribution in [3.63, 3.8) is 0 Å². The van der Waals surface area contributed by atoms with Gasteiger partial charge in [-0.3, -0.25) is 9.78 Å². The van der Waals surface area contributed by atoms with Crippen LogP contribution in [0.4, 0.5) is 11.4 Å². The molecule has 1 amide bonds. The number of morpholine rings is 1. The molecule has 2 aromatic heterocycles. The largest absolute Gasteiger partial charge is 0.378 e. The van der Waals surface area contributed by atoms with Crippen LogP contribution >= 0.6 is 11.3 Å². The summed E-state index contributed by atoms with van der Waals surface area (Å²) in [6, 6.07) is 17.7. The Kier molecular flexibility index (Phi) is 5.13. The molecule has 2 aromatic carbocycles.